The Labute approximate surface area is 203 Å². The summed E-state index contributed by atoms with van der Waals surface area (Å²) in [4.78, 5) is 7.35. The SMILES string of the molecule is CCC1(CC)CCC(c2cc3c4c([n+](C)cnc4c2)-c2c(cc4ccccc4c2C)N3C)CC1. The van der Waals surface area contributed by atoms with E-state index in [1.807, 2.05) is 6.33 Å². The molecule has 34 heavy (non-hydrogen) atoms. The van der Waals surface area contributed by atoms with E-state index in [2.05, 4.69) is 86.8 Å². The van der Waals surface area contributed by atoms with Crippen molar-refractivity contribution in [1.29, 1.82) is 0 Å². The predicted octanol–water partition coefficient (Wildman–Crippen LogP) is 7.73. The topological polar surface area (TPSA) is 20.0 Å². The normalized spacial score (nSPS) is 17.4. The van der Waals surface area contributed by atoms with Crippen LogP contribution in [0, 0.1) is 12.3 Å². The molecule has 174 valence electrons. The fourth-order valence-electron chi connectivity index (χ4n) is 6.89. The van der Waals surface area contributed by atoms with Gasteiger partial charge in [0.1, 0.15) is 5.69 Å². The van der Waals surface area contributed by atoms with E-state index in [1.54, 1.807) is 0 Å². The van der Waals surface area contributed by atoms with E-state index in [9.17, 15) is 0 Å². The number of hydrogen-bond donors (Lipinski definition) is 0. The van der Waals surface area contributed by atoms with Crippen molar-refractivity contribution in [3.05, 3.63) is 59.9 Å². The van der Waals surface area contributed by atoms with Crippen LogP contribution < -0.4 is 9.47 Å². The van der Waals surface area contributed by atoms with Gasteiger partial charge in [-0.2, -0.15) is 0 Å². The van der Waals surface area contributed by atoms with Crippen molar-refractivity contribution >= 4 is 33.1 Å². The summed E-state index contributed by atoms with van der Waals surface area (Å²) in [6.45, 7) is 7.04. The summed E-state index contributed by atoms with van der Waals surface area (Å²) >= 11 is 0. The predicted molar refractivity (Wildman–Crippen MR) is 143 cm³/mol. The van der Waals surface area contributed by atoms with Crippen LogP contribution >= 0.6 is 0 Å². The van der Waals surface area contributed by atoms with Crippen LogP contribution in [0.15, 0.2) is 48.8 Å². The van der Waals surface area contributed by atoms with Gasteiger partial charge in [-0.25, -0.2) is 4.57 Å². The molecule has 0 atom stereocenters. The molecule has 0 amide bonds. The lowest BCUT2D eigenvalue weighted by Crippen LogP contribution is -2.34. The van der Waals surface area contributed by atoms with Crippen molar-refractivity contribution in [2.45, 2.75) is 65.2 Å². The highest BCUT2D eigenvalue weighted by Gasteiger charge is 2.35. The fraction of sp³-hybridized carbons (Fsp3) is 0.419. The molecule has 1 aromatic heterocycles. The zero-order valence-corrected chi connectivity index (χ0v) is 21.3. The molecule has 1 saturated carbocycles. The first kappa shape index (κ1) is 21.6. The Hall–Kier alpha value is -2.94. The molecule has 3 aromatic carbocycles. The van der Waals surface area contributed by atoms with Gasteiger partial charge < -0.3 is 4.90 Å². The summed E-state index contributed by atoms with van der Waals surface area (Å²) in [7, 11) is 4.38. The number of aromatic nitrogens is 2. The first-order chi connectivity index (χ1) is 16.5. The molecule has 4 aromatic rings. The Bertz CT molecular complexity index is 1420. The number of anilines is 2. The van der Waals surface area contributed by atoms with Crippen LogP contribution in [-0.4, -0.2) is 12.0 Å². The van der Waals surface area contributed by atoms with Crippen molar-refractivity contribution in [1.82, 2.24) is 4.98 Å². The zero-order chi connectivity index (χ0) is 23.6. The number of aryl methyl sites for hydroxylation is 2. The summed E-state index contributed by atoms with van der Waals surface area (Å²) in [6, 6.07) is 16.0. The lowest BCUT2D eigenvalue weighted by atomic mass is 9.66. The standard InChI is InChI=1S/C31H36N3/c1-6-31(7-2)14-12-21(13-15-31)23-16-25-29-27(18-23)34(5)26-17-22-10-8-9-11-24(22)20(3)28(26)30(29)33(4)19-32-25/h8-11,16-19,21H,6-7,12-15H2,1-5H3/q+1. The number of hydrogen-bond acceptors (Lipinski definition) is 2. The maximum atomic E-state index is 4.94. The lowest BCUT2D eigenvalue weighted by molar-refractivity contribution is -0.662. The summed E-state index contributed by atoms with van der Waals surface area (Å²) in [5.41, 5.74) is 9.75. The molecule has 3 nitrogen and oxygen atoms in total. The second-order valence-electron chi connectivity index (χ2n) is 10.8. The van der Waals surface area contributed by atoms with Crippen molar-refractivity contribution < 1.29 is 4.57 Å². The van der Waals surface area contributed by atoms with Gasteiger partial charge in [-0.3, -0.25) is 0 Å². The van der Waals surface area contributed by atoms with Crippen molar-refractivity contribution in [3.8, 4) is 11.3 Å². The molecule has 0 bridgehead atoms. The van der Waals surface area contributed by atoms with Gasteiger partial charge in [0, 0.05) is 12.6 Å². The Morgan fingerprint density at radius 1 is 1.03 bits per heavy atom. The molecule has 3 heteroatoms. The summed E-state index contributed by atoms with van der Waals surface area (Å²) in [5, 5.41) is 3.92. The molecule has 1 fully saturated rings. The number of rotatable bonds is 3. The van der Waals surface area contributed by atoms with Crippen molar-refractivity contribution in [2.75, 3.05) is 11.9 Å². The Morgan fingerprint density at radius 2 is 1.76 bits per heavy atom. The number of nitrogens with zero attached hydrogens (tertiary/aromatic N) is 3. The van der Waals surface area contributed by atoms with E-state index >= 15 is 0 Å². The second kappa shape index (κ2) is 7.80. The number of fused-ring (bicyclic) bond motifs is 3. The third-order valence-corrected chi connectivity index (χ3v) is 9.34. The van der Waals surface area contributed by atoms with Crippen LogP contribution in [0.5, 0.6) is 0 Å². The minimum Gasteiger partial charge on any atom is -0.343 e. The third-order valence-electron chi connectivity index (χ3n) is 9.34. The smallest absolute Gasteiger partial charge is 0.287 e. The van der Waals surface area contributed by atoms with Gasteiger partial charge >= 0.3 is 0 Å². The molecule has 0 N–H and O–H groups in total. The Balaban J connectivity index is 1.54. The number of benzene rings is 3. The van der Waals surface area contributed by atoms with E-state index in [0.717, 1.165) is 5.52 Å². The van der Waals surface area contributed by atoms with E-state index in [0.29, 0.717) is 11.3 Å². The highest BCUT2D eigenvalue weighted by molar-refractivity contribution is 6.12. The molecule has 1 aliphatic heterocycles. The van der Waals surface area contributed by atoms with E-state index < -0.39 is 0 Å². The summed E-state index contributed by atoms with van der Waals surface area (Å²) in [5.74, 6) is 0.638. The van der Waals surface area contributed by atoms with Crippen LogP contribution in [0.2, 0.25) is 0 Å². The molecule has 0 unspecified atom stereocenters. The minimum atomic E-state index is 0.565. The van der Waals surface area contributed by atoms with Gasteiger partial charge in [0.15, 0.2) is 5.52 Å². The van der Waals surface area contributed by atoms with Gasteiger partial charge in [0.25, 0.3) is 6.33 Å². The molecule has 2 aliphatic rings. The third kappa shape index (κ3) is 3.02. The fourth-order valence-corrected chi connectivity index (χ4v) is 6.89. The molecule has 0 radical (unpaired) electrons. The highest BCUT2D eigenvalue weighted by Crippen LogP contribution is 2.51. The van der Waals surface area contributed by atoms with E-state index in [4.69, 9.17) is 4.98 Å². The van der Waals surface area contributed by atoms with Gasteiger partial charge in [0.05, 0.1) is 23.8 Å². The Morgan fingerprint density at radius 3 is 2.50 bits per heavy atom. The Kier molecular flexibility index (Phi) is 4.95. The maximum Gasteiger partial charge on any atom is 0.287 e. The molecule has 2 heterocycles. The maximum absolute atomic E-state index is 4.94. The average Bonchev–Trinajstić information content (AvgIpc) is 2.88. The van der Waals surface area contributed by atoms with Crippen LogP contribution in [0.3, 0.4) is 0 Å². The molecule has 0 spiro atoms. The van der Waals surface area contributed by atoms with Gasteiger partial charge in [-0.15, -0.1) is 0 Å². The molecule has 6 rings (SSSR count). The van der Waals surface area contributed by atoms with Crippen molar-refractivity contribution in [3.63, 3.8) is 0 Å². The van der Waals surface area contributed by atoms with Crippen LogP contribution in [0.25, 0.3) is 32.9 Å². The first-order valence-corrected chi connectivity index (χ1v) is 13.0. The van der Waals surface area contributed by atoms with Gasteiger partial charge in [-0.1, -0.05) is 51.0 Å². The van der Waals surface area contributed by atoms with Gasteiger partial charge in [0.2, 0.25) is 0 Å². The highest BCUT2D eigenvalue weighted by atomic mass is 15.1. The summed E-state index contributed by atoms with van der Waals surface area (Å²) < 4.78 is 2.22. The first-order valence-electron chi connectivity index (χ1n) is 13.0. The molecular weight excluding hydrogens is 414 g/mol. The molecule has 0 saturated heterocycles. The monoisotopic (exact) mass is 450 g/mol. The lowest BCUT2D eigenvalue weighted by Gasteiger charge is -2.39. The van der Waals surface area contributed by atoms with Crippen LogP contribution in [0.4, 0.5) is 11.4 Å². The quantitative estimate of drug-likeness (QED) is 0.298. The second-order valence-corrected chi connectivity index (χ2v) is 10.8. The molecule has 1 aliphatic carbocycles. The summed E-state index contributed by atoms with van der Waals surface area (Å²) in [6.07, 6.45) is 9.93. The average molecular weight is 451 g/mol. The largest absolute Gasteiger partial charge is 0.343 e. The van der Waals surface area contributed by atoms with E-state index in [-0.39, 0.29) is 0 Å². The molecular formula is C31H36N3+. The van der Waals surface area contributed by atoms with E-state index in [1.165, 1.54) is 88.4 Å². The van der Waals surface area contributed by atoms with Crippen LogP contribution in [-0.2, 0) is 7.05 Å². The minimum absolute atomic E-state index is 0.565. The van der Waals surface area contributed by atoms with Gasteiger partial charge in [-0.05, 0) is 89.0 Å². The zero-order valence-electron chi connectivity index (χ0n) is 21.3. The van der Waals surface area contributed by atoms with Crippen molar-refractivity contribution in [2.24, 2.45) is 12.5 Å². The van der Waals surface area contributed by atoms with Crippen LogP contribution in [0.1, 0.15) is 69.4 Å².